The van der Waals surface area contributed by atoms with Crippen LogP contribution in [0.1, 0.15) is 84.4 Å². The lowest BCUT2D eigenvalue weighted by molar-refractivity contribution is -0.123. The van der Waals surface area contributed by atoms with Crippen molar-refractivity contribution >= 4 is 46.9 Å². The Hall–Kier alpha value is -3.04. The van der Waals surface area contributed by atoms with E-state index in [-0.39, 0.29) is 46.5 Å². The van der Waals surface area contributed by atoms with E-state index in [4.69, 9.17) is 27.9 Å². The van der Waals surface area contributed by atoms with Gasteiger partial charge in [0, 0.05) is 42.5 Å². The molecular weight excluding hydrogens is 630 g/mol. The number of fused-ring (bicyclic) bond motifs is 2. The topological polar surface area (TPSA) is 91.0 Å². The van der Waals surface area contributed by atoms with Gasteiger partial charge in [0.25, 0.3) is 0 Å². The van der Waals surface area contributed by atoms with Crippen molar-refractivity contribution in [2.75, 3.05) is 31.5 Å². The van der Waals surface area contributed by atoms with Gasteiger partial charge >= 0.3 is 12.1 Å². The minimum absolute atomic E-state index is 0.0697. The van der Waals surface area contributed by atoms with Crippen LogP contribution >= 0.6 is 23.2 Å². The number of ether oxygens (including phenoxy) is 1. The lowest BCUT2D eigenvalue weighted by atomic mass is 9.63. The smallest absolute Gasteiger partial charge is 0.410 e. The number of carbonyl (C=O) groups excluding carboxylic acids is 3. The number of urea groups is 1. The number of rotatable bonds is 5. The van der Waals surface area contributed by atoms with Gasteiger partial charge in [-0.2, -0.15) is 0 Å². The highest BCUT2D eigenvalue weighted by atomic mass is 35.5. The summed E-state index contributed by atoms with van der Waals surface area (Å²) in [6.07, 6.45) is 2.67. The van der Waals surface area contributed by atoms with Crippen molar-refractivity contribution in [2.45, 2.75) is 84.3 Å². The molecule has 3 aliphatic heterocycles. The van der Waals surface area contributed by atoms with Crippen LogP contribution in [0, 0.1) is 23.1 Å². The highest BCUT2D eigenvalue weighted by molar-refractivity contribution is 6.31. The molecule has 2 aromatic carbocycles. The van der Waals surface area contributed by atoms with Gasteiger partial charge in [0.2, 0.25) is 5.91 Å². The van der Waals surface area contributed by atoms with E-state index in [9.17, 15) is 14.4 Å². The Morgan fingerprint density at radius 2 is 1.78 bits per heavy atom. The van der Waals surface area contributed by atoms with Crippen LogP contribution in [0.4, 0.5) is 19.7 Å². The van der Waals surface area contributed by atoms with Gasteiger partial charge in [-0.15, -0.1) is 0 Å². The maximum Gasteiger partial charge on any atom is 0.410 e. The number of hydrogen-bond acceptors (Lipinski definition) is 4. The summed E-state index contributed by atoms with van der Waals surface area (Å²) in [6.45, 7) is 13.7. The number of carbonyl (C=O) groups is 3. The van der Waals surface area contributed by atoms with Crippen LogP contribution in [0.3, 0.4) is 0 Å². The molecule has 3 aliphatic rings. The average molecular weight is 676 g/mol. The normalized spacial score (nSPS) is 23.5. The largest absolute Gasteiger partial charge is 0.444 e. The molecule has 2 saturated heterocycles. The number of hydrogen-bond donors (Lipinski definition) is 2. The Kier molecular flexibility index (Phi) is 9.60. The first-order valence-corrected chi connectivity index (χ1v) is 16.8. The number of nitrogens with zero attached hydrogens (tertiary/aromatic N) is 2. The quantitative estimate of drug-likeness (QED) is 0.335. The van der Waals surface area contributed by atoms with E-state index in [2.05, 4.69) is 31.4 Å². The van der Waals surface area contributed by atoms with Gasteiger partial charge in [-0.3, -0.25) is 4.79 Å². The summed E-state index contributed by atoms with van der Waals surface area (Å²) in [5.41, 5.74) is -0.517. The second-order valence-corrected chi connectivity index (χ2v) is 15.9. The zero-order valence-electron chi connectivity index (χ0n) is 27.5. The molecule has 0 radical (unpaired) electrons. The number of amides is 4. The van der Waals surface area contributed by atoms with Gasteiger partial charge in [0.15, 0.2) is 0 Å². The fraction of sp³-hybridized carbons (Fsp3) is 0.571. The van der Waals surface area contributed by atoms with Crippen molar-refractivity contribution in [2.24, 2.45) is 17.3 Å². The van der Waals surface area contributed by atoms with Crippen LogP contribution in [-0.2, 0) is 14.9 Å². The van der Waals surface area contributed by atoms with E-state index in [0.29, 0.717) is 48.2 Å². The van der Waals surface area contributed by atoms with E-state index in [1.54, 1.807) is 34.1 Å². The molecule has 0 unspecified atom stereocenters. The molecule has 3 atom stereocenters. The van der Waals surface area contributed by atoms with Gasteiger partial charge < -0.3 is 25.2 Å². The summed E-state index contributed by atoms with van der Waals surface area (Å²) in [5.74, 6) is -0.914. The minimum Gasteiger partial charge on any atom is -0.444 e. The summed E-state index contributed by atoms with van der Waals surface area (Å²) in [4.78, 5) is 44.2. The molecule has 0 saturated carbocycles. The summed E-state index contributed by atoms with van der Waals surface area (Å²) in [7, 11) is 0. The number of nitrogens with one attached hydrogen (secondary N) is 2. The number of piperidine rings is 1. The molecule has 11 heteroatoms. The lowest BCUT2D eigenvalue weighted by Crippen LogP contribution is -2.48. The van der Waals surface area contributed by atoms with Crippen molar-refractivity contribution in [1.82, 2.24) is 15.1 Å². The van der Waals surface area contributed by atoms with Crippen molar-refractivity contribution in [3.05, 3.63) is 63.4 Å². The van der Waals surface area contributed by atoms with Crippen LogP contribution in [0.15, 0.2) is 36.4 Å². The number of halogens is 3. The number of benzene rings is 2. The molecule has 0 aromatic heterocycles. The van der Waals surface area contributed by atoms with E-state index >= 15 is 4.39 Å². The Bertz CT molecular complexity index is 1500. The maximum atomic E-state index is 16.0. The molecule has 46 heavy (non-hydrogen) atoms. The molecule has 250 valence electrons. The van der Waals surface area contributed by atoms with Crippen LogP contribution < -0.4 is 10.6 Å². The van der Waals surface area contributed by atoms with E-state index in [0.717, 1.165) is 19.3 Å². The summed E-state index contributed by atoms with van der Waals surface area (Å²) < 4.78 is 21.5. The standard InChI is InChI=1S/C35H45Cl2FN4O4/c1-33(2,3)19-22-20-42(31(44)39-15-12-21-13-16-41(17-14-21)32(45)46-34(4,5)6)29(24-8-7-9-26(37)28(24)38)35(22)25-11-10-23(36)18-27(25)40-30(35)43/h7-11,18,21-22,29H,12-17,19-20H2,1-6H3,(H,39,44)(H,40,43)/t22-,29-,35+/m1/s1. The number of likely N-dealkylation sites (tertiary alicyclic amines) is 2. The summed E-state index contributed by atoms with van der Waals surface area (Å²) >= 11 is 12.6. The molecule has 2 N–H and O–H groups in total. The highest BCUT2D eigenvalue weighted by Crippen LogP contribution is 2.60. The summed E-state index contributed by atoms with van der Waals surface area (Å²) in [5, 5.41) is 6.50. The molecule has 8 nitrogen and oxygen atoms in total. The average Bonchev–Trinajstić information content (AvgIpc) is 3.42. The Morgan fingerprint density at radius 3 is 2.43 bits per heavy atom. The zero-order chi connectivity index (χ0) is 33.6. The molecule has 0 aliphatic carbocycles. The molecule has 2 aromatic rings. The SMILES string of the molecule is CC(C)(C)C[C@@H]1CN(C(=O)NCCC2CCN(C(=O)OC(C)(C)C)CC2)[C@H](c2cccc(Cl)c2F)[C@]12C(=O)Nc1cc(Cl)ccc12. The fourth-order valence-corrected chi connectivity index (χ4v) is 7.84. The van der Waals surface area contributed by atoms with Crippen molar-refractivity contribution in [3.63, 3.8) is 0 Å². The van der Waals surface area contributed by atoms with Crippen LogP contribution in [0.2, 0.25) is 10.0 Å². The van der Waals surface area contributed by atoms with Crippen LogP contribution in [-0.4, -0.2) is 59.6 Å². The van der Waals surface area contributed by atoms with Crippen molar-refractivity contribution in [1.29, 1.82) is 0 Å². The van der Waals surface area contributed by atoms with Gasteiger partial charge in [-0.05, 0) is 87.5 Å². The molecule has 5 rings (SSSR count). The first-order valence-electron chi connectivity index (χ1n) is 16.1. The first kappa shape index (κ1) is 34.3. The maximum absolute atomic E-state index is 16.0. The fourth-order valence-electron chi connectivity index (χ4n) is 7.49. The Balaban J connectivity index is 1.40. The summed E-state index contributed by atoms with van der Waals surface area (Å²) in [6, 6.07) is 8.70. The molecular formula is C35H45Cl2FN4O4. The zero-order valence-corrected chi connectivity index (χ0v) is 29.0. The highest BCUT2D eigenvalue weighted by Gasteiger charge is 2.65. The van der Waals surface area contributed by atoms with Crippen molar-refractivity contribution < 1.29 is 23.5 Å². The second kappa shape index (κ2) is 12.9. The molecule has 2 fully saturated rings. The van der Waals surface area contributed by atoms with Crippen LogP contribution in [0.5, 0.6) is 0 Å². The third-order valence-corrected chi connectivity index (χ3v) is 9.87. The lowest BCUT2D eigenvalue weighted by Gasteiger charge is -2.38. The van der Waals surface area contributed by atoms with Gasteiger partial charge in [0.1, 0.15) is 16.8 Å². The molecule has 3 heterocycles. The van der Waals surface area contributed by atoms with E-state index in [1.165, 1.54) is 6.07 Å². The monoisotopic (exact) mass is 674 g/mol. The number of anilines is 1. The first-order chi connectivity index (χ1) is 21.5. The predicted molar refractivity (Wildman–Crippen MR) is 179 cm³/mol. The molecule has 0 bridgehead atoms. The van der Waals surface area contributed by atoms with Crippen molar-refractivity contribution in [3.8, 4) is 0 Å². The molecule has 4 amide bonds. The minimum atomic E-state index is -1.26. The van der Waals surface area contributed by atoms with Gasteiger partial charge in [-0.1, -0.05) is 62.2 Å². The van der Waals surface area contributed by atoms with E-state index < -0.39 is 22.9 Å². The Morgan fingerprint density at radius 1 is 1.09 bits per heavy atom. The van der Waals surface area contributed by atoms with Gasteiger partial charge in [0.05, 0.1) is 11.1 Å². The third kappa shape index (κ3) is 6.82. The third-order valence-electron chi connectivity index (χ3n) is 9.35. The Labute approximate surface area is 281 Å². The van der Waals surface area contributed by atoms with E-state index in [1.807, 2.05) is 26.8 Å². The predicted octanol–water partition coefficient (Wildman–Crippen LogP) is 8.18. The second-order valence-electron chi connectivity index (χ2n) is 15.1. The van der Waals surface area contributed by atoms with Gasteiger partial charge in [-0.25, -0.2) is 14.0 Å². The van der Waals surface area contributed by atoms with Crippen LogP contribution in [0.25, 0.3) is 0 Å². The molecule has 1 spiro atoms.